The molecular formula is C13H23ClN4O2. The average molecular weight is 303 g/mol. The van der Waals surface area contributed by atoms with Gasteiger partial charge in [0.05, 0.1) is 0 Å². The molecular weight excluding hydrogens is 280 g/mol. The summed E-state index contributed by atoms with van der Waals surface area (Å²) in [6.45, 7) is 5.39. The summed E-state index contributed by atoms with van der Waals surface area (Å²) in [6.07, 6.45) is 2.98. The number of hydrogen-bond acceptors (Lipinski definition) is 5. The predicted molar refractivity (Wildman–Crippen MR) is 77.7 cm³/mol. The number of halogens is 1. The van der Waals surface area contributed by atoms with Crippen molar-refractivity contribution in [2.75, 3.05) is 13.1 Å². The maximum absolute atomic E-state index is 12.1. The highest BCUT2D eigenvalue weighted by atomic mass is 35.5. The minimum Gasteiger partial charge on any atom is -0.339 e. The van der Waals surface area contributed by atoms with E-state index in [9.17, 15) is 4.79 Å². The minimum absolute atomic E-state index is 0. The highest BCUT2D eigenvalue weighted by molar-refractivity contribution is 5.85. The number of aromatic nitrogens is 2. The maximum Gasteiger partial charge on any atom is 0.227 e. The van der Waals surface area contributed by atoms with Crippen molar-refractivity contribution in [2.24, 2.45) is 5.73 Å². The summed E-state index contributed by atoms with van der Waals surface area (Å²) in [5, 5.41) is 3.89. The molecule has 1 aliphatic rings. The van der Waals surface area contributed by atoms with E-state index in [4.69, 9.17) is 10.3 Å². The van der Waals surface area contributed by atoms with Gasteiger partial charge in [-0.05, 0) is 12.8 Å². The van der Waals surface area contributed by atoms with Crippen molar-refractivity contribution < 1.29 is 9.32 Å². The Morgan fingerprint density at radius 1 is 1.55 bits per heavy atom. The van der Waals surface area contributed by atoms with Crippen LogP contribution in [0.2, 0.25) is 0 Å². The van der Waals surface area contributed by atoms with Gasteiger partial charge in [0.1, 0.15) is 0 Å². The van der Waals surface area contributed by atoms with E-state index in [0.717, 1.165) is 19.4 Å². The van der Waals surface area contributed by atoms with E-state index in [2.05, 4.69) is 10.1 Å². The Hall–Kier alpha value is -1.14. The average Bonchev–Trinajstić information content (AvgIpc) is 3.04. The zero-order valence-electron chi connectivity index (χ0n) is 12.0. The van der Waals surface area contributed by atoms with Crippen molar-refractivity contribution in [3.63, 3.8) is 0 Å². The molecule has 0 radical (unpaired) electrons. The molecule has 0 aliphatic carbocycles. The van der Waals surface area contributed by atoms with Gasteiger partial charge in [0, 0.05) is 37.9 Å². The lowest BCUT2D eigenvalue weighted by atomic mass is 10.2. The number of rotatable bonds is 5. The smallest absolute Gasteiger partial charge is 0.227 e. The lowest BCUT2D eigenvalue weighted by Crippen LogP contribution is -2.40. The molecule has 0 aromatic carbocycles. The summed E-state index contributed by atoms with van der Waals surface area (Å²) in [5.74, 6) is 1.62. The normalized spacial score (nSPS) is 18.4. The number of hydrogen-bond donors (Lipinski definition) is 1. The molecule has 2 N–H and O–H groups in total. The van der Waals surface area contributed by atoms with E-state index in [1.54, 1.807) is 0 Å². The van der Waals surface area contributed by atoms with Gasteiger partial charge in [-0.1, -0.05) is 19.0 Å². The molecule has 20 heavy (non-hydrogen) atoms. The molecule has 114 valence electrons. The van der Waals surface area contributed by atoms with Crippen LogP contribution in [0.4, 0.5) is 0 Å². The van der Waals surface area contributed by atoms with Crippen LogP contribution in [0.1, 0.15) is 50.7 Å². The number of nitrogens with two attached hydrogens (primary N) is 1. The third kappa shape index (κ3) is 3.93. The number of nitrogens with zero attached hydrogens (tertiary/aromatic N) is 3. The van der Waals surface area contributed by atoms with Crippen molar-refractivity contribution in [1.82, 2.24) is 15.0 Å². The standard InChI is InChI=1S/C13H22N4O2.ClH/c1-9(2)13-15-11(19-16-13)5-6-12(18)17-7-3-4-10(17)8-14;/h9-10H,3-8,14H2,1-2H3;1H. The second-order valence-corrected chi connectivity index (χ2v) is 5.32. The van der Waals surface area contributed by atoms with Crippen LogP contribution in [0.25, 0.3) is 0 Å². The molecule has 7 heteroatoms. The van der Waals surface area contributed by atoms with Gasteiger partial charge in [-0.15, -0.1) is 12.4 Å². The van der Waals surface area contributed by atoms with E-state index in [1.165, 1.54) is 0 Å². The van der Waals surface area contributed by atoms with Gasteiger partial charge in [0.25, 0.3) is 0 Å². The highest BCUT2D eigenvalue weighted by Crippen LogP contribution is 2.18. The van der Waals surface area contributed by atoms with Gasteiger partial charge in [-0.2, -0.15) is 4.98 Å². The molecule has 6 nitrogen and oxygen atoms in total. The summed E-state index contributed by atoms with van der Waals surface area (Å²) < 4.78 is 5.14. The Morgan fingerprint density at radius 3 is 2.90 bits per heavy atom. The Labute approximate surface area is 125 Å². The number of amides is 1. The quantitative estimate of drug-likeness (QED) is 0.891. The first kappa shape index (κ1) is 16.9. The van der Waals surface area contributed by atoms with Crippen molar-refractivity contribution >= 4 is 18.3 Å². The van der Waals surface area contributed by atoms with E-state index in [-0.39, 0.29) is 30.3 Å². The third-order valence-electron chi connectivity index (χ3n) is 3.52. The molecule has 1 aliphatic heterocycles. The van der Waals surface area contributed by atoms with Crippen molar-refractivity contribution in [1.29, 1.82) is 0 Å². The molecule has 1 saturated heterocycles. The first-order valence-electron chi connectivity index (χ1n) is 6.93. The SMILES string of the molecule is CC(C)c1noc(CCC(=O)N2CCCC2CN)n1.Cl. The van der Waals surface area contributed by atoms with Crippen LogP contribution < -0.4 is 5.73 Å². The summed E-state index contributed by atoms with van der Waals surface area (Å²) in [6, 6.07) is 0.210. The Morgan fingerprint density at radius 2 is 2.30 bits per heavy atom. The molecule has 0 bridgehead atoms. The van der Waals surface area contributed by atoms with Crippen molar-refractivity contribution in [3.05, 3.63) is 11.7 Å². The molecule has 0 saturated carbocycles. The van der Waals surface area contributed by atoms with E-state index in [1.807, 2.05) is 18.7 Å². The van der Waals surface area contributed by atoms with Crippen LogP contribution in [0.3, 0.4) is 0 Å². The Bertz CT molecular complexity index is 436. The molecule has 1 fully saturated rings. The summed E-state index contributed by atoms with van der Waals surface area (Å²) in [7, 11) is 0. The van der Waals surface area contributed by atoms with Crippen LogP contribution in [-0.4, -0.2) is 40.1 Å². The fraction of sp³-hybridized carbons (Fsp3) is 0.769. The van der Waals surface area contributed by atoms with Crippen LogP contribution in [-0.2, 0) is 11.2 Å². The van der Waals surface area contributed by atoms with Gasteiger partial charge in [0.2, 0.25) is 11.8 Å². The van der Waals surface area contributed by atoms with Gasteiger partial charge < -0.3 is 15.2 Å². The molecule has 1 aromatic heterocycles. The summed E-state index contributed by atoms with van der Waals surface area (Å²) in [4.78, 5) is 18.3. The molecule has 1 aromatic rings. The van der Waals surface area contributed by atoms with Crippen LogP contribution in [0, 0.1) is 0 Å². The lowest BCUT2D eigenvalue weighted by Gasteiger charge is -2.23. The van der Waals surface area contributed by atoms with Gasteiger partial charge in [-0.25, -0.2) is 0 Å². The second kappa shape index (κ2) is 7.59. The predicted octanol–water partition coefficient (Wildman–Crippen LogP) is 1.50. The number of carbonyl (C=O) groups excluding carboxylic acids is 1. The van der Waals surface area contributed by atoms with Gasteiger partial charge in [0.15, 0.2) is 5.82 Å². The molecule has 2 rings (SSSR count). The highest BCUT2D eigenvalue weighted by Gasteiger charge is 2.27. The minimum atomic E-state index is 0. The lowest BCUT2D eigenvalue weighted by molar-refractivity contribution is -0.131. The van der Waals surface area contributed by atoms with Crippen LogP contribution in [0.15, 0.2) is 4.52 Å². The van der Waals surface area contributed by atoms with Crippen molar-refractivity contribution in [2.45, 2.75) is 51.5 Å². The van der Waals surface area contributed by atoms with Gasteiger partial charge in [-0.3, -0.25) is 4.79 Å². The Balaban J connectivity index is 0.00000200. The third-order valence-corrected chi connectivity index (χ3v) is 3.52. The molecule has 0 spiro atoms. The fourth-order valence-electron chi connectivity index (χ4n) is 2.37. The topological polar surface area (TPSA) is 85.2 Å². The van der Waals surface area contributed by atoms with E-state index in [0.29, 0.717) is 31.1 Å². The van der Waals surface area contributed by atoms with E-state index < -0.39 is 0 Å². The number of carbonyl (C=O) groups is 1. The molecule has 1 amide bonds. The summed E-state index contributed by atoms with van der Waals surface area (Å²) >= 11 is 0. The fourth-order valence-corrected chi connectivity index (χ4v) is 2.37. The van der Waals surface area contributed by atoms with E-state index >= 15 is 0 Å². The largest absolute Gasteiger partial charge is 0.339 e. The number of aryl methyl sites for hydroxylation is 1. The number of likely N-dealkylation sites (tertiary alicyclic amines) is 1. The zero-order valence-corrected chi connectivity index (χ0v) is 12.9. The molecule has 1 unspecified atom stereocenters. The van der Waals surface area contributed by atoms with Crippen LogP contribution in [0.5, 0.6) is 0 Å². The van der Waals surface area contributed by atoms with Crippen molar-refractivity contribution in [3.8, 4) is 0 Å². The Kier molecular flexibility index (Phi) is 6.42. The monoisotopic (exact) mass is 302 g/mol. The second-order valence-electron chi connectivity index (χ2n) is 5.32. The first-order chi connectivity index (χ1) is 9.11. The summed E-state index contributed by atoms with van der Waals surface area (Å²) in [5.41, 5.74) is 5.67. The van der Waals surface area contributed by atoms with Crippen LogP contribution >= 0.6 is 12.4 Å². The molecule has 2 heterocycles. The zero-order chi connectivity index (χ0) is 13.8. The van der Waals surface area contributed by atoms with Gasteiger partial charge >= 0.3 is 0 Å². The molecule has 1 atom stereocenters. The maximum atomic E-state index is 12.1. The first-order valence-corrected chi connectivity index (χ1v) is 6.93.